The van der Waals surface area contributed by atoms with E-state index in [1.807, 2.05) is 12.1 Å². The van der Waals surface area contributed by atoms with Gasteiger partial charge < -0.3 is 20.1 Å². The molecule has 0 unspecified atom stereocenters. The van der Waals surface area contributed by atoms with Crippen molar-refractivity contribution < 1.29 is 9.47 Å². The van der Waals surface area contributed by atoms with Gasteiger partial charge in [0.15, 0.2) is 0 Å². The van der Waals surface area contributed by atoms with E-state index in [0.717, 1.165) is 31.8 Å². The molecule has 0 fully saturated rings. The maximum atomic E-state index is 6.05. The Labute approximate surface area is 114 Å². The summed E-state index contributed by atoms with van der Waals surface area (Å²) < 4.78 is 10.2. The number of ether oxygens (including phenoxy) is 2. The molecule has 0 bridgehead atoms. The minimum atomic E-state index is 0.585. The molecule has 0 aromatic heterocycles. The van der Waals surface area contributed by atoms with Gasteiger partial charge in [0.05, 0.1) is 23.0 Å². The number of rotatable bonds is 8. The van der Waals surface area contributed by atoms with Crippen LogP contribution in [-0.2, 0) is 9.47 Å². The first-order chi connectivity index (χ1) is 8.70. The molecular formula is C13H21ClN2O2. The van der Waals surface area contributed by atoms with Gasteiger partial charge in [-0.2, -0.15) is 0 Å². The minimum Gasteiger partial charge on any atom is -0.396 e. The predicted molar refractivity (Wildman–Crippen MR) is 76.4 cm³/mol. The Kier molecular flexibility index (Phi) is 6.86. The van der Waals surface area contributed by atoms with Crippen LogP contribution in [0.25, 0.3) is 0 Å². The molecule has 1 aromatic rings. The van der Waals surface area contributed by atoms with E-state index in [0.29, 0.717) is 17.3 Å². The van der Waals surface area contributed by atoms with Crippen molar-refractivity contribution in [3.63, 3.8) is 0 Å². The first-order valence-corrected chi connectivity index (χ1v) is 6.35. The molecule has 0 aliphatic rings. The standard InChI is InChI=1S/C13H21ClN2O2/c1-17-9-4-7-16(8-10-18-2)12-6-3-5-11(14)13(12)15/h3,5-6H,4,7-10,15H2,1-2H3. The van der Waals surface area contributed by atoms with Gasteiger partial charge in [0.1, 0.15) is 0 Å². The van der Waals surface area contributed by atoms with Gasteiger partial charge in [0.2, 0.25) is 0 Å². The fourth-order valence-electron chi connectivity index (χ4n) is 1.76. The van der Waals surface area contributed by atoms with Crippen LogP contribution in [0, 0.1) is 0 Å². The number of methoxy groups -OCH3 is 2. The van der Waals surface area contributed by atoms with Crippen LogP contribution in [0.3, 0.4) is 0 Å². The number of hydrogen-bond donors (Lipinski definition) is 1. The fraction of sp³-hybridized carbons (Fsp3) is 0.538. The summed E-state index contributed by atoms with van der Waals surface area (Å²) >= 11 is 6.05. The lowest BCUT2D eigenvalue weighted by Crippen LogP contribution is -2.29. The van der Waals surface area contributed by atoms with E-state index < -0.39 is 0 Å². The minimum absolute atomic E-state index is 0.585. The number of halogens is 1. The molecule has 1 aromatic carbocycles. The SMILES string of the molecule is COCCCN(CCOC)c1cccc(Cl)c1N. The molecule has 0 aliphatic heterocycles. The summed E-state index contributed by atoms with van der Waals surface area (Å²) in [7, 11) is 3.39. The molecule has 0 saturated heterocycles. The van der Waals surface area contributed by atoms with Crippen molar-refractivity contribution >= 4 is 23.0 Å². The highest BCUT2D eigenvalue weighted by molar-refractivity contribution is 6.33. The lowest BCUT2D eigenvalue weighted by molar-refractivity contribution is 0.191. The Morgan fingerprint density at radius 1 is 1.17 bits per heavy atom. The lowest BCUT2D eigenvalue weighted by atomic mass is 10.2. The summed E-state index contributed by atoms with van der Waals surface area (Å²) in [5.74, 6) is 0. The molecule has 0 heterocycles. The highest BCUT2D eigenvalue weighted by Crippen LogP contribution is 2.30. The largest absolute Gasteiger partial charge is 0.396 e. The van der Waals surface area contributed by atoms with Gasteiger partial charge in [-0.05, 0) is 18.6 Å². The Morgan fingerprint density at radius 2 is 1.89 bits per heavy atom. The molecule has 2 N–H and O–H groups in total. The van der Waals surface area contributed by atoms with Crippen LogP contribution in [-0.4, -0.2) is 40.5 Å². The zero-order valence-electron chi connectivity index (χ0n) is 11.0. The van der Waals surface area contributed by atoms with Gasteiger partial charge in [0.25, 0.3) is 0 Å². The predicted octanol–water partition coefficient (Wildman–Crippen LogP) is 2.41. The normalized spacial score (nSPS) is 10.6. The molecule has 0 radical (unpaired) electrons. The smallest absolute Gasteiger partial charge is 0.0741 e. The van der Waals surface area contributed by atoms with Crippen LogP contribution in [0.5, 0.6) is 0 Å². The van der Waals surface area contributed by atoms with Crippen molar-refractivity contribution in [1.82, 2.24) is 0 Å². The number of nitrogens with zero attached hydrogens (tertiary/aromatic N) is 1. The van der Waals surface area contributed by atoms with Crippen molar-refractivity contribution in [1.29, 1.82) is 0 Å². The van der Waals surface area contributed by atoms with Crippen LogP contribution >= 0.6 is 11.6 Å². The third-order valence-corrected chi connectivity index (χ3v) is 3.04. The first-order valence-electron chi connectivity index (χ1n) is 5.97. The molecule has 0 aliphatic carbocycles. The molecule has 0 spiro atoms. The van der Waals surface area contributed by atoms with Gasteiger partial charge in [-0.1, -0.05) is 17.7 Å². The van der Waals surface area contributed by atoms with E-state index in [1.54, 1.807) is 20.3 Å². The number of nitrogen functional groups attached to an aromatic ring is 1. The lowest BCUT2D eigenvalue weighted by Gasteiger charge is -2.26. The Morgan fingerprint density at radius 3 is 2.56 bits per heavy atom. The molecule has 0 atom stereocenters. The van der Waals surface area contributed by atoms with Crippen molar-refractivity contribution in [2.45, 2.75) is 6.42 Å². The molecule has 4 nitrogen and oxygen atoms in total. The molecule has 18 heavy (non-hydrogen) atoms. The summed E-state index contributed by atoms with van der Waals surface area (Å²) in [6, 6.07) is 5.68. The second-order valence-electron chi connectivity index (χ2n) is 4.00. The van der Waals surface area contributed by atoms with Gasteiger partial charge in [-0.25, -0.2) is 0 Å². The molecule has 5 heteroatoms. The Bertz CT molecular complexity index is 361. The van der Waals surface area contributed by atoms with Crippen molar-refractivity contribution in [2.75, 3.05) is 51.2 Å². The van der Waals surface area contributed by atoms with Crippen LogP contribution in [0.4, 0.5) is 11.4 Å². The maximum absolute atomic E-state index is 6.05. The van der Waals surface area contributed by atoms with E-state index in [9.17, 15) is 0 Å². The van der Waals surface area contributed by atoms with Crippen LogP contribution in [0.15, 0.2) is 18.2 Å². The maximum Gasteiger partial charge on any atom is 0.0741 e. The topological polar surface area (TPSA) is 47.7 Å². The number of benzene rings is 1. The number of para-hydroxylation sites is 1. The highest BCUT2D eigenvalue weighted by Gasteiger charge is 2.11. The summed E-state index contributed by atoms with van der Waals surface area (Å²) in [5, 5.41) is 0.585. The molecule has 1 rings (SSSR count). The monoisotopic (exact) mass is 272 g/mol. The quantitative estimate of drug-likeness (QED) is 0.583. The van der Waals surface area contributed by atoms with E-state index >= 15 is 0 Å². The van der Waals surface area contributed by atoms with Gasteiger partial charge >= 0.3 is 0 Å². The fourth-order valence-corrected chi connectivity index (χ4v) is 1.92. The molecular weight excluding hydrogens is 252 g/mol. The number of anilines is 2. The number of nitrogens with two attached hydrogens (primary N) is 1. The average Bonchev–Trinajstić information content (AvgIpc) is 2.37. The van der Waals surface area contributed by atoms with E-state index in [-0.39, 0.29) is 0 Å². The van der Waals surface area contributed by atoms with Gasteiger partial charge in [0, 0.05) is 33.9 Å². The second kappa shape index (κ2) is 8.19. The van der Waals surface area contributed by atoms with Crippen molar-refractivity contribution in [3.8, 4) is 0 Å². The summed E-state index contributed by atoms with van der Waals surface area (Å²) in [6.07, 6.45) is 0.937. The molecule has 102 valence electrons. The van der Waals surface area contributed by atoms with E-state index in [2.05, 4.69) is 4.90 Å². The van der Waals surface area contributed by atoms with Gasteiger partial charge in [-0.15, -0.1) is 0 Å². The molecule has 0 saturated carbocycles. The highest BCUT2D eigenvalue weighted by atomic mass is 35.5. The first kappa shape index (κ1) is 15.1. The third kappa shape index (κ3) is 4.37. The van der Waals surface area contributed by atoms with Crippen LogP contribution in [0.1, 0.15) is 6.42 Å². The van der Waals surface area contributed by atoms with E-state index in [4.69, 9.17) is 26.8 Å². The van der Waals surface area contributed by atoms with Crippen LogP contribution < -0.4 is 10.6 Å². The van der Waals surface area contributed by atoms with Crippen molar-refractivity contribution in [2.24, 2.45) is 0 Å². The Balaban J connectivity index is 2.76. The Hall–Kier alpha value is -0.970. The summed E-state index contributed by atoms with van der Waals surface area (Å²) in [4.78, 5) is 2.17. The van der Waals surface area contributed by atoms with Crippen molar-refractivity contribution in [3.05, 3.63) is 23.2 Å². The summed E-state index contributed by atoms with van der Waals surface area (Å²) in [5.41, 5.74) is 7.59. The summed E-state index contributed by atoms with van der Waals surface area (Å²) in [6.45, 7) is 3.02. The zero-order valence-corrected chi connectivity index (χ0v) is 11.7. The van der Waals surface area contributed by atoms with Crippen LogP contribution in [0.2, 0.25) is 5.02 Å². The second-order valence-corrected chi connectivity index (χ2v) is 4.41. The average molecular weight is 273 g/mol. The van der Waals surface area contributed by atoms with E-state index in [1.165, 1.54) is 0 Å². The molecule has 0 amide bonds. The number of hydrogen-bond acceptors (Lipinski definition) is 4. The zero-order chi connectivity index (χ0) is 13.4. The third-order valence-electron chi connectivity index (χ3n) is 2.71. The van der Waals surface area contributed by atoms with Gasteiger partial charge in [-0.3, -0.25) is 0 Å².